The lowest BCUT2D eigenvalue weighted by Crippen LogP contribution is -2.49. The van der Waals surface area contributed by atoms with Crippen LogP contribution in [-0.4, -0.2) is 34.4 Å². The molecule has 6 nitrogen and oxygen atoms in total. The number of aliphatic carboxylic acids is 1. The molecule has 0 saturated heterocycles. The first kappa shape index (κ1) is 16.5. The van der Waals surface area contributed by atoms with Crippen LogP contribution >= 0.6 is 11.3 Å². The predicted molar refractivity (Wildman–Crippen MR) is 76.7 cm³/mol. The molecule has 0 spiro atoms. The van der Waals surface area contributed by atoms with Gasteiger partial charge in [-0.3, -0.25) is 0 Å². The molecule has 2 amide bonds. The van der Waals surface area contributed by atoms with E-state index in [0.717, 1.165) is 11.8 Å². The van der Waals surface area contributed by atoms with Gasteiger partial charge in [-0.2, -0.15) is 0 Å². The molecule has 1 heterocycles. The van der Waals surface area contributed by atoms with E-state index in [2.05, 4.69) is 10.6 Å². The van der Waals surface area contributed by atoms with Crippen LogP contribution in [0.4, 0.5) is 4.79 Å². The van der Waals surface area contributed by atoms with Crippen LogP contribution in [0.25, 0.3) is 0 Å². The second-order valence-corrected chi connectivity index (χ2v) is 6.12. The van der Waals surface area contributed by atoms with E-state index >= 15 is 0 Å². The minimum Gasteiger partial charge on any atom is -0.479 e. The minimum absolute atomic E-state index is 0.148. The molecule has 20 heavy (non-hydrogen) atoms. The van der Waals surface area contributed by atoms with Gasteiger partial charge in [-0.05, 0) is 24.3 Å². The quantitative estimate of drug-likeness (QED) is 0.641. The number of carbonyl (C=O) groups is 2. The first-order valence-electron chi connectivity index (χ1n) is 6.27. The summed E-state index contributed by atoms with van der Waals surface area (Å²) in [5, 5.41) is 25.4. The van der Waals surface area contributed by atoms with E-state index in [1.54, 1.807) is 11.3 Å². The fourth-order valence-corrected chi connectivity index (χ4v) is 2.50. The number of thiophene rings is 1. The third-order valence-electron chi connectivity index (χ3n) is 2.86. The first-order chi connectivity index (χ1) is 9.24. The second kappa shape index (κ2) is 6.71. The van der Waals surface area contributed by atoms with Gasteiger partial charge < -0.3 is 20.8 Å². The van der Waals surface area contributed by atoms with Crippen molar-refractivity contribution in [2.45, 2.75) is 32.4 Å². The van der Waals surface area contributed by atoms with E-state index < -0.39 is 17.6 Å². The highest BCUT2D eigenvalue weighted by Crippen LogP contribution is 2.25. The average molecular weight is 300 g/mol. The zero-order chi connectivity index (χ0) is 15.3. The van der Waals surface area contributed by atoms with Crippen LogP contribution in [0.2, 0.25) is 0 Å². The van der Waals surface area contributed by atoms with E-state index in [1.807, 2.05) is 31.4 Å². The Bertz CT molecular complexity index is 457. The Morgan fingerprint density at radius 1 is 1.45 bits per heavy atom. The fraction of sp³-hybridized carbons (Fsp3) is 0.538. The number of hydrogen-bond donors (Lipinski definition) is 4. The van der Waals surface area contributed by atoms with Crippen molar-refractivity contribution in [3.05, 3.63) is 22.4 Å². The number of amides is 2. The smallest absolute Gasteiger partial charge is 0.337 e. The van der Waals surface area contributed by atoms with Crippen molar-refractivity contribution in [2.24, 2.45) is 5.92 Å². The van der Waals surface area contributed by atoms with Crippen LogP contribution in [0.1, 0.15) is 31.7 Å². The van der Waals surface area contributed by atoms with Gasteiger partial charge >= 0.3 is 12.0 Å². The Kier molecular flexibility index (Phi) is 5.52. The van der Waals surface area contributed by atoms with Crippen molar-refractivity contribution >= 4 is 23.3 Å². The van der Waals surface area contributed by atoms with Gasteiger partial charge in [0.1, 0.15) is 0 Å². The first-order valence-corrected chi connectivity index (χ1v) is 7.15. The Morgan fingerprint density at radius 2 is 2.10 bits per heavy atom. The van der Waals surface area contributed by atoms with Gasteiger partial charge in [0.25, 0.3) is 0 Å². The maximum atomic E-state index is 11.8. The molecule has 0 saturated carbocycles. The Labute approximate surface area is 121 Å². The third-order valence-corrected chi connectivity index (χ3v) is 3.81. The molecule has 0 aliphatic heterocycles. The highest BCUT2D eigenvalue weighted by Gasteiger charge is 2.30. The van der Waals surface area contributed by atoms with Crippen LogP contribution in [0.15, 0.2) is 17.5 Å². The molecule has 0 fully saturated rings. The van der Waals surface area contributed by atoms with Gasteiger partial charge in [0.2, 0.25) is 0 Å². The molecule has 0 radical (unpaired) electrons. The summed E-state index contributed by atoms with van der Waals surface area (Å²) in [5.74, 6) is -1.18. The van der Waals surface area contributed by atoms with Crippen LogP contribution in [-0.2, 0) is 4.79 Å². The van der Waals surface area contributed by atoms with Crippen LogP contribution in [0, 0.1) is 5.92 Å². The number of aliphatic hydroxyl groups is 1. The van der Waals surface area contributed by atoms with Gasteiger partial charge in [-0.25, -0.2) is 9.59 Å². The Morgan fingerprint density at radius 3 is 2.55 bits per heavy atom. The molecule has 1 aromatic heterocycles. The summed E-state index contributed by atoms with van der Waals surface area (Å²) in [4.78, 5) is 23.6. The molecule has 2 atom stereocenters. The van der Waals surface area contributed by atoms with Crippen LogP contribution in [0.5, 0.6) is 0 Å². The Balaban J connectivity index is 2.58. The molecule has 0 bridgehead atoms. The zero-order valence-electron chi connectivity index (χ0n) is 11.7. The lowest BCUT2D eigenvalue weighted by atomic mass is 10.0. The summed E-state index contributed by atoms with van der Waals surface area (Å²) < 4.78 is 0. The maximum Gasteiger partial charge on any atom is 0.337 e. The largest absolute Gasteiger partial charge is 0.479 e. The predicted octanol–water partition coefficient (Wildman–Crippen LogP) is 1.58. The maximum absolute atomic E-state index is 11.8. The third kappa shape index (κ3) is 4.50. The summed E-state index contributed by atoms with van der Waals surface area (Å²) >= 11 is 1.54. The van der Waals surface area contributed by atoms with E-state index in [4.69, 9.17) is 5.11 Å². The molecule has 0 aliphatic rings. The molecule has 1 rings (SSSR count). The van der Waals surface area contributed by atoms with Crippen molar-refractivity contribution in [3.63, 3.8) is 0 Å². The minimum atomic E-state index is -1.98. The second-order valence-electron chi connectivity index (χ2n) is 5.14. The molecule has 0 aromatic carbocycles. The van der Waals surface area contributed by atoms with Gasteiger partial charge in [0, 0.05) is 4.88 Å². The van der Waals surface area contributed by atoms with Gasteiger partial charge in [-0.1, -0.05) is 19.9 Å². The average Bonchev–Trinajstić information content (AvgIpc) is 2.86. The lowest BCUT2D eigenvalue weighted by molar-refractivity contribution is -0.155. The van der Waals surface area contributed by atoms with Crippen molar-refractivity contribution in [1.29, 1.82) is 0 Å². The fourth-order valence-electron chi connectivity index (χ4n) is 1.55. The van der Waals surface area contributed by atoms with E-state index in [9.17, 15) is 14.7 Å². The van der Waals surface area contributed by atoms with Crippen molar-refractivity contribution in [3.8, 4) is 0 Å². The number of carboxylic acid groups (broad SMARTS) is 1. The highest BCUT2D eigenvalue weighted by atomic mass is 32.1. The number of carboxylic acids is 1. The molecule has 112 valence electrons. The van der Waals surface area contributed by atoms with E-state index in [0.29, 0.717) is 0 Å². The molecular formula is C13H20N2O4S. The number of urea groups is 1. The van der Waals surface area contributed by atoms with Gasteiger partial charge in [-0.15, -0.1) is 11.3 Å². The number of hydrogen-bond acceptors (Lipinski definition) is 4. The molecule has 4 N–H and O–H groups in total. The number of carbonyl (C=O) groups excluding carboxylic acids is 1. The number of nitrogens with one attached hydrogen (secondary N) is 2. The van der Waals surface area contributed by atoms with Crippen molar-refractivity contribution in [2.75, 3.05) is 6.54 Å². The molecule has 0 aliphatic carbocycles. The summed E-state index contributed by atoms with van der Waals surface area (Å²) in [5.41, 5.74) is -1.98. The topological polar surface area (TPSA) is 98.7 Å². The summed E-state index contributed by atoms with van der Waals surface area (Å²) in [6, 6.07) is 3.19. The summed E-state index contributed by atoms with van der Waals surface area (Å²) in [7, 11) is 0. The molecule has 1 aromatic rings. The molecular weight excluding hydrogens is 280 g/mol. The Hall–Kier alpha value is -1.60. The van der Waals surface area contributed by atoms with Crippen LogP contribution < -0.4 is 10.6 Å². The summed E-state index contributed by atoms with van der Waals surface area (Å²) in [6.07, 6.45) is 0. The molecule has 7 heteroatoms. The molecule has 2 unspecified atom stereocenters. The standard InChI is InChI=1S/C13H20N2O4S/c1-8(2)10(9-5-4-6-20-9)15-12(18)14-7-13(3,19)11(16)17/h4-6,8,10,19H,7H2,1-3H3,(H,16,17)(H2,14,15,18). The number of rotatable bonds is 6. The lowest BCUT2D eigenvalue weighted by Gasteiger charge is -2.23. The van der Waals surface area contributed by atoms with Gasteiger partial charge in [0.05, 0.1) is 12.6 Å². The van der Waals surface area contributed by atoms with Crippen molar-refractivity contribution in [1.82, 2.24) is 10.6 Å². The van der Waals surface area contributed by atoms with E-state index in [-0.39, 0.29) is 18.5 Å². The van der Waals surface area contributed by atoms with Crippen molar-refractivity contribution < 1.29 is 19.8 Å². The summed E-state index contributed by atoms with van der Waals surface area (Å²) in [6.45, 7) is 4.74. The monoisotopic (exact) mass is 300 g/mol. The highest BCUT2D eigenvalue weighted by molar-refractivity contribution is 7.10. The van der Waals surface area contributed by atoms with Gasteiger partial charge in [0.15, 0.2) is 5.60 Å². The normalized spacial score (nSPS) is 15.4. The van der Waals surface area contributed by atoms with E-state index in [1.165, 1.54) is 0 Å². The zero-order valence-corrected chi connectivity index (χ0v) is 12.5. The SMILES string of the molecule is CC(C)C(NC(=O)NCC(C)(O)C(=O)O)c1cccs1. The van der Waals surface area contributed by atoms with Crippen LogP contribution in [0.3, 0.4) is 0 Å².